The summed E-state index contributed by atoms with van der Waals surface area (Å²) in [4.78, 5) is 20.5. The zero-order chi connectivity index (χ0) is 15.6. The van der Waals surface area contributed by atoms with Gasteiger partial charge in [-0.2, -0.15) is 4.98 Å². The van der Waals surface area contributed by atoms with E-state index < -0.39 is 0 Å². The molecule has 0 aliphatic carbocycles. The van der Waals surface area contributed by atoms with Crippen LogP contribution in [0, 0.1) is 6.92 Å². The van der Waals surface area contributed by atoms with Gasteiger partial charge < -0.3 is 15.6 Å². The summed E-state index contributed by atoms with van der Waals surface area (Å²) >= 11 is 0. The molecule has 3 N–H and O–H groups in total. The van der Waals surface area contributed by atoms with Crippen molar-refractivity contribution in [2.24, 2.45) is 0 Å². The van der Waals surface area contributed by atoms with E-state index in [1.165, 1.54) is 0 Å². The molecule has 2 aromatic rings. The van der Waals surface area contributed by atoms with Gasteiger partial charge in [0.15, 0.2) is 5.82 Å². The first kappa shape index (κ1) is 15.0. The van der Waals surface area contributed by atoms with Crippen molar-refractivity contribution in [1.29, 1.82) is 0 Å². The molecule has 0 radical (unpaired) electrons. The molecule has 0 unspecified atom stereocenters. The summed E-state index contributed by atoms with van der Waals surface area (Å²) in [6, 6.07) is 3.29. The molecule has 1 amide bonds. The molecule has 0 saturated carbocycles. The molecular formula is C14H19N5O2. The number of aryl methyl sites for hydroxylation is 1. The molecule has 0 fully saturated rings. The average molecular weight is 289 g/mol. The number of amides is 1. The number of hydrogen-bond donors (Lipinski definition) is 2. The minimum atomic E-state index is -0.253. The van der Waals surface area contributed by atoms with Gasteiger partial charge in [-0.1, -0.05) is 25.9 Å². The van der Waals surface area contributed by atoms with E-state index in [9.17, 15) is 4.79 Å². The van der Waals surface area contributed by atoms with Crippen LogP contribution in [0.15, 0.2) is 16.7 Å². The van der Waals surface area contributed by atoms with Gasteiger partial charge in [0.05, 0.1) is 6.54 Å². The Morgan fingerprint density at radius 2 is 2.05 bits per heavy atom. The summed E-state index contributed by atoms with van der Waals surface area (Å²) in [7, 11) is 0. The van der Waals surface area contributed by atoms with Gasteiger partial charge in [-0.3, -0.25) is 4.79 Å². The molecule has 7 nitrogen and oxygen atoms in total. The average Bonchev–Trinajstić information content (AvgIpc) is 2.80. The monoisotopic (exact) mass is 289 g/mol. The molecule has 2 rings (SSSR count). The largest absolute Gasteiger partial charge is 0.384 e. The molecule has 0 bridgehead atoms. The van der Waals surface area contributed by atoms with E-state index in [0.717, 1.165) is 5.69 Å². The number of aromatic nitrogens is 3. The zero-order valence-corrected chi connectivity index (χ0v) is 12.6. The van der Waals surface area contributed by atoms with Crippen molar-refractivity contribution in [3.05, 3.63) is 35.1 Å². The van der Waals surface area contributed by atoms with E-state index in [-0.39, 0.29) is 17.9 Å². The highest BCUT2D eigenvalue weighted by Gasteiger charge is 2.19. The lowest BCUT2D eigenvalue weighted by Crippen LogP contribution is -2.25. The summed E-state index contributed by atoms with van der Waals surface area (Å²) < 4.78 is 4.84. The van der Waals surface area contributed by atoms with Crippen LogP contribution in [-0.2, 0) is 12.0 Å². The van der Waals surface area contributed by atoms with E-state index >= 15 is 0 Å². The highest BCUT2D eigenvalue weighted by Crippen LogP contribution is 2.22. The Labute approximate surface area is 122 Å². The van der Waals surface area contributed by atoms with E-state index in [0.29, 0.717) is 23.1 Å². The first-order valence-corrected chi connectivity index (χ1v) is 6.61. The molecule has 112 valence electrons. The lowest BCUT2D eigenvalue weighted by atomic mass is 9.90. The van der Waals surface area contributed by atoms with Gasteiger partial charge in [-0.05, 0) is 12.1 Å². The van der Waals surface area contributed by atoms with E-state index in [4.69, 9.17) is 10.3 Å². The number of anilines is 1. The van der Waals surface area contributed by atoms with Crippen LogP contribution in [0.3, 0.4) is 0 Å². The van der Waals surface area contributed by atoms with Gasteiger partial charge in [-0.25, -0.2) is 4.98 Å². The standard InChI is InChI=1S/C14H19N5O2/c1-8-17-12(19-21-8)7-16-13(20)9-5-10(14(2,3)4)18-11(15)6-9/h5-6H,7H2,1-4H3,(H2,15,18)(H,16,20). The Balaban J connectivity index is 2.13. The molecule has 0 aromatic carbocycles. The maximum atomic E-state index is 12.2. The van der Waals surface area contributed by atoms with Gasteiger partial charge in [0.25, 0.3) is 5.91 Å². The molecule has 2 aromatic heterocycles. The van der Waals surface area contributed by atoms with Crippen molar-refractivity contribution in [3.8, 4) is 0 Å². The van der Waals surface area contributed by atoms with Crippen molar-refractivity contribution >= 4 is 11.7 Å². The Morgan fingerprint density at radius 3 is 2.62 bits per heavy atom. The van der Waals surface area contributed by atoms with Gasteiger partial charge >= 0.3 is 0 Å². The van der Waals surface area contributed by atoms with Gasteiger partial charge in [0, 0.05) is 23.6 Å². The molecule has 0 spiro atoms. The van der Waals surface area contributed by atoms with Crippen LogP contribution in [0.2, 0.25) is 0 Å². The quantitative estimate of drug-likeness (QED) is 0.888. The number of nitrogens with two attached hydrogens (primary N) is 1. The van der Waals surface area contributed by atoms with Crippen LogP contribution in [0.25, 0.3) is 0 Å². The summed E-state index contributed by atoms with van der Waals surface area (Å²) in [5.41, 5.74) is 6.82. The topological polar surface area (TPSA) is 107 Å². The molecular weight excluding hydrogens is 270 g/mol. The Kier molecular flexibility index (Phi) is 3.93. The molecule has 0 aliphatic heterocycles. The fourth-order valence-electron chi connectivity index (χ4n) is 1.74. The van der Waals surface area contributed by atoms with E-state index in [1.807, 2.05) is 20.8 Å². The Bertz CT molecular complexity index is 658. The summed E-state index contributed by atoms with van der Waals surface area (Å²) in [5, 5.41) is 6.45. The minimum absolute atomic E-state index is 0.185. The number of nitrogens with zero attached hydrogens (tertiary/aromatic N) is 3. The van der Waals surface area contributed by atoms with Crippen molar-refractivity contribution in [3.63, 3.8) is 0 Å². The van der Waals surface area contributed by atoms with Crippen molar-refractivity contribution in [2.45, 2.75) is 39.7 Å². The van der Waals surface area contributed by atoms with E-state index in [2.05, 4.69) is 20.4 Å². The summed E-state index contributed by atoms with van der Waals surface area (Å²) in [6.07, 6.45) is 0. The number of carbonyl (C=O) groups is 1. The molecule has 0 aliphatic rings. The normalized spacial score (nSPS) is 11.4. The first-order chi connectivity index (χ1) is 9.75. The van der Waals surface area contributed by atoms with Crippen LogP contribution in [0.5, 0.6) is 0 Å². The molecule has 7 heteroatoms. The van der Waals surface area contributed by atoms with Crippen LogP contribution in [0.4, 0.5) is 5.82 Å². The number of nitrogens with one attached hydrogen (secondary N) is 1. The third kappa shape index (κ3) is 3.77. The first-order valence-electron chi connectivity index (χ1n) is 6.61. The maximum Gasteiger partial charge on any atom is 0.251 e. The molecule has 2 heterocycles. The third-order valence-electron chi connectivity index (χ3n) is 2.85. The highest BCUT2D eigenvalue weighted by molar-refractivity contribution is 5.94. The number of pyridine rings is 1. The fourth-order valence-corrected chi connectivity index (χ4v) is 1.74. The third-order valence-corrected chi connectivity index (χ3v) is 2.85. The number of rotatable bonds is 3. The summed E-state index contributed by atoms with van der Waals surface area (Å²) in [5.74, 6) is 0.960. The van der Waals surface area contributed by atoms with E-state index in [1.54, 1.807) is 19.1 Å². The van der Waals surface area contributed by atoms with Crippen molar-refractivity contribution in [1.82, 2.24) is 20.4 Å². The second-order valence-corrected chi connectivity index (χ2v) is 5.83. The Morgan fingerprint density at radius 1 is 1.33 bits per heavy atom. The van der Waals surface area contributed by atoms with Gasteiger partial charge in [0.1, 0.15) is 5.82 Å². The molecule has 0 atom stereocenters. The van der Waals surface area contributed by atoms with Crippen LogP contribution in [-0.4, -0.2) is 21.0 Å². The predicted molar refractivity (Wildman–Crippen MR) is 77.6 cm³/mol. The lowest BCUT2D eigenvalue weighted by Gasteiger charge is -2.18. The van der Waals surface area contributed by atoms with Crippen LogP contribution in [0.1, 0.15) is 48.5 Å². The smallest absolute Gasteiger partial charge is 0.251 e. The van der Waals surface area contributed by atoms with Crippen LogP contribution >= 0.6 is 0 Å². The van der Waals surface area contributed by atoms with Crippen molar-refractivity contribution < 1.29 is 9.32 Å². The molecule has 21 heavy (non-hydrogen) atoms. The highest BCUT2D eigenvalue weighted by atomic mass is 16.5. The van der Waals surface area contributed by atoms with Gasteiger partial charge in [0.2, 0.25) is 5.89 Å². The van der Waals surface area contributed by atoms with Crippen LogP contribution < -0.4 is 11.1 Å². The number of hydrogen-bond acceptors (Lipinski definition) is 6. The maximum absolute atomic E-state index is 12.2. The SMILES string of the molecule is Cc1nc(CNC(=O)c2cc(N)nc(C(C)(C)C)c2)no1. The second kappa shape index (κ2) is 5.51. The second-order valence-electron chi connectivity index (χ2n) is 5.83. The zero-order valence-electron chi connectivity index (χ0n) is 12.6. The predicted octanol–water partition coefficient (Wildman–Crippen LogP) is 1.58. The van der Waals surface area contributed by atoms with Crippen molar-refractivity contribution in [2.75, 3.05) is 5.73 Å². The fraction of sp³-hybridized carbons (Fsp3) is 0.429. The number of carbonyl (C=O) groups excluding carboxylic acids is 1. The molecule has 0 saturated heterocycles. The Hall–Kier alpha value is -2.44. The lowest BCUT2D eigenvalue weighted by molar-refractivity contribution is 0.0949. The summed E-state index contributed by atoms with van der Waals surface area (Å²) in [6.45, 7) is 7.93. The minimum Gasteiger partial charge on any atom is -0.384 e. The number of nitrogen functional groups attached to an aromatic ring is 1. The van der Waals surface area contributed by atoms with Gasteiger partial charge in [-0.15, -0.1) is 0 Å².